The Labute approximate surface area is 148 Å². The van der Waals surface area contributed by atoms with Gasteiger partial charge in [0.25, 0.3) is 0 Å². The fourth-order valence-electron chi connectivity index (χ4n) is 3.59. The molecule has 0 unspecified atom stereocenters. The van der Waals surface area contributed by atoms with Crippen molar-refractivity contribution in [2.45, 2.75) is 25.4 Å². The molecule has 2 aliphatic rings. The zero-order valence-corrected chi connectivity index (χ0v) is 14.5. The van der Waals surface area contributed by atoms with E-state index in [2.05, 4.69) is 17.0 Å². The SMILES string of the molecule is O=C(O)C1CCN(C(=O)CN2CCO[C@H](Cc3ccccc3)C2)CC1. The summed E-state index contributed by atoms with van der Waals surface area (Å²) >= 11 is 0. The van der Waals surface area contributed by atoms with Crippen molar-refractivity contribution in [1.29, 1.82) is 0 Å². The van der Waals surface area contributed by atoms with Gasteiger partial charge in [-0.1, -0.05) is 30.3 Å². The molecule has 1 amide bonds. The molecule has 0 aliphatic carbocycles. The number of rotatable bonds is 5. The van der Waals surface area contributed by atoms with E-state index in [1.54, 1.807) is 4.90 Å². The van der Waals surface area contributed by atoms with Gasteiger partial charge in [0.1, 0.15) is 0 Å². The summed E-state index contributed by atoms with van der Waals surface area (Å²) in [5, 5.41) is 9.05. The van der Waals surface area contributed by atoms with Crippen molar-refractivity contribution >= 4 is 11.9 Å². The van der Waals surface area contributed by atoms with Crippen LogP contribution in [0.3, 0.4) is 0 Å². The lowest BCUT2D eigenvalue weighted by molar-refractivity contribution is -0.146. The molecule has 3 rings (SSSR count). The molecule has 0 aromatic heterocycles. The summed E-state index contributed by atoms with van der Waals surface area (Å²) in [5.74, 6) is -0.948. The molecule has 6 heteroatoms. The Hall–Kier alpha value is -1.92. The van der Waals surface area contributed by atoms with Crippen molar-refractivity contribution < 1.29 is 19.4 Å². The molecule has 0 bridgehead atoms. The van der Waals surface area contributed by atoms with Crippen LogP contribution < -0.4 is 0 Å². The van der Waals surface area contributed by atoms with Crippen LogP contribution in [0, 0.1) is 5.92 Å². The van der Waals surface area contributed by atoms with Gasteiger partial charge < -0.3 is 14.7 Å². The lowest BCUT2D eigenvalue weighted by atomic mass is 9.97. The van der Waals surface area contributed by atoms with Crippen LogP contribution in [0.1, 0.15) is 18.4 Å². The summed E-state index contributed by atoms with van der Waals surface area (Å²) in [5.41, 5.74) is 1.25. The molecular weight excluding hydrogens is 320 g/mol. The predicted molar refractivity (Wildman–Crippen MR) is 93.3 cm³/mol. The second kappa shape index (κ2) is 8.45. The third-order valence-electron chi connectivity index (χ3n) is 5.08. The Kier molecular flexibility index (Phi) is 6.04. The molecule has 1 aromatic carbocycles. The minimum absolute atomic E-state index is 0.101. The first-order chi connectivity index (χ1) is 12.1. The fraction of sp³-hybridized carbons (Fsp3) is 0.579. The molecule has 1 N–H and O–H groups in total. The van der Waals surface area contributed by atoms with Crippen LogP contribution in [0.2, 0.25) is 0 Å². The fourth-order valence-corrected chi connectivity index (χ4v) is 3.59. The van der Waals surface area contributed by atoms with Crippen LogP contribution in [0.25, 0.3) is 0 Å². The van der Waals surface area contributed by atoms with Gasteiger partial charge in [0.15, 0.2) is 0 Å². The van der Waals surface area contributed by atoms with E-state index in [1.165, 1.54) is 5.56 Å². The van der Waals surface area contributed by atoms with Crippen molar-refractivity contribution in [3.8, 4) is 0 Å². The highest BCUT2D eigenvalue weighted by Gasteiger charge is 2.29. The largest absolute Gasteiger partial charge is 0.481 e. The Morgan fingerprint density at radius 3 is 2.52 bits per heavy atom. The van der Waals surface area contributed by atoms with Crippen LogP contribution in [0.15, 0.2) is 30.3 Å². The van der Waals surface area contributed by atoms with Gasteiger partial charge in [0.2, 0.25) is 5.91 Å². The Balaban J connectivity index is 1.46. The smallest absolute Gasteiger partial charge is 0.306 e. The van der Waals surface area contributed by atoms with Gasteiger partial charge in [0.05, 0.1) is 25.2 Å². The molecule has 6 nitrogen and oxygen atoms in total. The normalized spacial score (nSPS) is 22.7. The lowest BCUT2D eigenvalue weighted by Crippen LogP contribution is -2.50. The van der Waals surface area contributed by atoms with Crippen LogP contribution >= 0.6 is 0 Å². The molecule has 0 radical (unpaired) electrons. The number of morpholine rings is 1. The van der Waals surface area contributed by atoms with Crippen molar-refractivity contribution in [2.24, 2.45) is 5.92 Å². The number of aliphatic carboxylic acids is 1. The third kappa shape index (κ3) is 5.03. The second-order valence-corrected chi connectivity index (χ2v) is 6.91. The number of hydrogen-bond donors (Lipinski definition) is 1. The monoisotopic (exact) mass is 346 g/mol. The Morgan fingerprint density at radius 1 is 1.12 bits per heavy atom. The van der Waals surface area contributed by atoms with Crippen LogP contribution in [-0.2, 0) is 20.7 Å². The molecule has 1 atom stereocenters. The van der Waals surface area contributed by atoms with Crippen molar-refractivity contribution in [3.63, 3.8) is 0 Å². The number of amides is 1. The number of carboxylic acid groups (broad SMARTS) is 1. The van der Waals surface area contributed by atoms with Crippen molar-refractivity contribution in [3.05, 3.63) is 35.9 Å². The molecule has 2 fully saturated rings. The standard InChI is InChI=1S/C19H26N2O4/c22-18(21-8-6-16(7-9-21)19(23)24)14-20-10-11-25-17(13-20)12-15-4-2-1-3-5-15/h1-5,16-17H,6-14H2,(H,23,24)/t17-/m1/s1. The first kappa shape index (κ1) is 17.9. The maximum Gasteiger partial charge on any atom is 0.306 e. The zero-order chi connectivity index (χ0) is 17.6. The molecule has 1 aromatic rings. The highest BCUT2D eigenvalue weighted by Crippen LogP contribution is 2.18. The molecule has 0 saturated carbocycles. The maximum absolute atomic E-state index is 12.5. The van der Waals surface area contributed by atoms with E-state index in [1.807, 2.05) is 18.2 Å². The maximum atomic E-state index is 12.5. The van der Waals surface area contributed by atoms with Gasteiger partial charge in [0, 0.05) is 26.2 Å². The van der Waals surface area contributed by atoms with Gasteiger partial charge in [-0.15, -0.1) is 0 Å². The van der Waals surface area contributed by atoms with Crippen molar-refractivity contribution in [1.82, 2.24) is 9.80 Å². The Bertz CT molecular complexity index is 584. The highest BCUT2D eigenvalue weighted by atomic mass is 16.5. The van der Waals surface area contributed by atoms with Gasteiger partial charge in [-0.2, -0.15) is 0 Å². The van der Waals surface area contributed by atoms with Crippen molar-refractivity contribution in [2.75, 3.05) is 39.3 Å². The van der Waals surface area contributed by atoms with E-state index in [9.17, 15) is 9.59 Å². The number of carbonyl (C=O) groups excluding carboxylic acids is 1. The first-order valence-corrected chi connectivity index (χ1v) is 9.00. The van der Waals surface area contributed by atoms with Gasteiger partial charge in [-0.3, -0.25) is 14.5 Å². The van der Waals surface area contributed by atoms with E-state index >= 15 is 0 Å². The quantitative estimate of drug-likeness (QED) is 0.869. The number of ether oxygens (including phenoxy) is 1. The summed E-state index contributed by atoms with van der Waals surface area (Å²) in [6.07, 6.45) is 2.08. The summed E-state index contributed by atoms with van der Waals surface area (Å²) < 4.78 is 5.85. The van der Waals surface area contributed by atoms with Gasteiger partial charge >= 0.3 is 5.97 Å². The molecule has 25 heavy (non-hydrogen) atoms. The number of benzene rings is 1. The Morgan fingerprint density at radius 2 is 1.84 bits per heavy atom. The summed E-state index contributed by atoms with van der Waals surface area (Å²) in [6, 6.07) is 10.3. The molecule has 2 aliphatic heterocycles. The number of nitrogens with zero attached hydrogens (tertiary/aromatic N) is 2. The minimum Gasteiger partial charge on any atom is -0.481 e. The zero-order valence-electron chi connectivity index (χ0n) is 14.5. The average Bonchev–Trinajstić information content (AvgIpc) is 2.63. The number of hydrogen-bond acceptors (Lipinski definition) is 4. The van der Waals surface area contributed by atoms with E-state index in [4.69, 9.17) is 9.84 Å². The topological polar surface area (TPSA) is 70.1 Å². The van der Waals surface area contributed by atoms with E-state index in [0.29, 0.717) is 39.1 Å². The summed E-state index contributed by atoms with van der Waals surface area (Å²) in [7, 11) is 0. The summed E-state index contributed by atoms with van der Waals surface area (Å²) in [6.45, 7) is 3.66. The summed E-state index contributed by atoms with van der Waals surface area (Å²) in [4.78, 5) is 27.5. The molecule has 2 heterocycles. The molecule has 2 saturated heterocycles. The molecule has 136 valence electrons. The number of carbonyl (C=O) groups is 2. The van der Waals surface area contributed by atoms with E-state index in [-0.39, 0.29) is 17.9 Å². The number of piperidine rings is 1. The second-order valence-electron chi connectivity index (χ2n) is 6.91. The van der Waals surface area contributed by atoms with Gasteiger partial charge in [-0.25, -0.2) is 0 Å². The third-order valence-corrected chi connectivity index (χ3v) is 5.08. The predicted octanol–water partition coefficient (Wildman–Crippen LogP) is 1.25. The van der Waals surface area contributed by atoms with Gasteiger partial charge in [-0.05, 0) is 24.8 Å². The first-order valence-electron chi connectivity index (χ1n) is 9.00. The minimum atomic E-state index is -0.746. The highest BCUT2D eigenvalue weighted by molar-refractivity contribution is 5.79. The average molecular weight is 346 g/mol. The number of likely N-dealkylation sites (tertiary alicyclic amines) is 1. The van der Waals surface area contributed by atoms with E-state index in [0.717, 1.165) is 19.5 Å². The van der Waals surface area contributed by atoms with E-state index < -0.39 is 5.97 Å². The molecular formula is C19H26N2O4. The lowest BCUT2D eigenvalue weighted by Gasteiger charge is -2.35. The molecule has 0 spiro atoms. The van der Waals surface area contributed by atoms with Crippen LogP contribution in [0.5, 0.6) is 0 Å². The number of carboxylic acids is 1. The van der Waals surface area contributed by atoms with Crippen LogP contribution in [-0.4, -0.2) is 72.2 Å². The van der Waals surface area contributed by atoms with Crippen LogP contribution in [0.4, 0.5) is 0 Å².